The number of carbonyl (C=O) groups excluding carboxylic acids is 2. The molecule has 0 aliphatic rings. The van der Waals surface area contributed by atoms with Gasteiger partial charge in [0.15, 0.2) is 0 Å². The molecule has 0 spiro atoms. The third-order valence-electron chi connectivity index (χ3n) is 4.96. The highest BCUT2D eigenvalue weighted by Gasteiger charge is 2.22. The third-order valence-corrected chi connectivity index (χ3v) is 4.96. The second-order valence-electron chi connectivity index (χ2n) is 7.22. The molecular formula is C25H24N2O5. The second-order valence-corrected chi connectivity index (χ2v) is 7.22. The molecule has 7 nitrogen and oxygen atoms in total. The number of rotatable bonds is 9. The Labute approximate surface area is 186 Å². The van der Waals surface area contributed by atoms with Gasteiger partial charge in [0.1, 0.15) is 0 Å². The fourth-order valence-electron chi connectivity index (χ4n) is 3.49. The SMILES string of the molecule is CCOC(=O)c1ccc(NC(=O)CC(C[N+](=O)[O-])c2ccccc2)cc1-c1ccccc1. The van der Waals surface area contributed by atoms with Crippen LogP contribution in [0.3, 0.4) is 0 Å². The van der Waals surface area contributed by atoms with E-state index in [9.17, 15) is 19.7 Å². The summed E-state index contributed by atoms with van der Waals surface area (Å²) in [4.78, 5) is 35.8. The maximum Gasteiger partial charge on any atom is 0.338 e. The highest BCUT2D eigenvalue weighted by atomic mass is 16.6. The molecule has 0 radical (unpaired) electrons. The second kappa shape index (κ2) is 10.9. The molecule has 3 aromatic rings. The number of esters is 1. The number of anilines is 1. The molecule has 164 valence electrons. The lowest BCUT2D eigenvalue weighted by Crippen LogP contribution is -2.21. The van der Waals surface area contributed by atoms with Gasteiger partial charge >= 0.3 is 5.97 Å². The molecule has 0 saturated heterocycles. The van der Waals surface area contributed by atoms with Gasteiger partial charge in [-0.3, -0.25) is 14.9 Å². The Bertz CT molecular complexity index is 1080. The van der Waals surface area contributed by atoms with Crippen molar-refractivity contribution in [2.24, 2.45) is 0 Å². The summed E-state index contributed by atoms with van der Waals surface area (Å²) in [6, 6.07) is 23.2. The summed E-state index contributed by atoms with van der Waals surface area (Å²) in [7, 11) is 0. The number of nitrogens with one attached hydrogen (secondary N) is 1. The van der Waals surface area contributed by atoms with Crippen molar-refractivity contribution in [3.63, 3.8) is 0 Å². The zero-order valence-corrected chi connectivity index (χ0v) is 17.7. The first-order valence-corrected chi connectivity index (χ1v) is 10.3. The predicted octanol–water partition coefficient (Wildman–Crippen LogP) is 4.92. The van der Waals surface area contributed by atoms with Crippen LogP contribution in [0.5, 0.6) is 0 Å². The van der Waals surface area contributed by atoms with Gasteiger partial charge in [-0.1, -0.05) is 60.7 Å². The molecule has 0 bridgehead atoms. The van der Waals surface area contributed by atoms with Gasteiger partial charge in [0, 0.05) is 17.0 Å². The highest BCUT2D eigenvalue weighted by molar-refractivity contribution is 5.99. The van der Waals surface area contributed by atoms with Crippen molar-refractivity contribution in [2.75, 3.05) is 18.5 Å². The van der Waals surface area contributed by atoms with Gasteiger partial charge in [-0.15, -0.1) is 0 Å². The average Bonchev–Trinajstić information content (AvgIpc) is 2.79. The Morgan fingerprint density at radius 1 is 1.00 bits per heavy atom. The molecule has 1 N–H and O–H groups in total. The van der Waals surface area contributed by atoms with Crippen LogP contribution in [0.15, 0.2) is 78.9 Å². The van der Waals surface area contributed by atoms with Crippen LogP contribution in [0.25, 0.3) is 11.1 Å². The summed E-state index contributed by atoms with van der Waals surface area (Å²) in [6.45, 7) is 1.65. The van der Waals surface area contributed by atoms with Crippen LogP contribution >= 0.6 is 0 Å². The molecule has 7 heteroatoms. The largest absolute Gasteiger partial charge is 0.462 e. The number of benzene rings is 3. The van der Waals surface area contributed by atoms with E-state index in [1.165, 1.54) is 0 Å². The Morgan fingerprint density at radius 3 is 2.28 bits per heavy atom. The lowest BCUT2D eigenvalue weighted by molar-refractivity contribution is -0.483. The molecule has 3 rings (SSSR count). The van der Waals surface area contributed by atoms with E-state index in [0.717, 1.165) is 11.1 Å². The van der Waals surface area contributed by atoms with Crippen LogP contribution < -0.4 is 5.32 Å². The summed E-state index contributed by atoms with van der Waals surface area (Å²) >= 11 is 0. The molecular weight excluding hydrogens is 408 g/mol. The van der Waals surface area contributed by atoms with Crippen molar-refractivity contribution in [2.45, 2.75) is 19.3 Å². The van der Waals surface area contributed by atoms with Crippen molar-refractivity contribution >= 4 is 17.6 Å². The maximum absolute atomic E-state index is 12.7. The Morgan fingerprint density at radius 2 is 1.66 bits per heavy atom. The van der Waals surface area contributed by atoms with E-state index >= 15 is 0 Å². The van der Waals surface area contributed by atoms with E-state index in [4.69, 9.17) is 4.74 Å². The molecule has 0 aliphatic heterocycles. The zero-order valence-electron chi connectivity index (χ0n) is 17.7. The van der Waals surface area contributed by atoms with Crippen LogP contribution in [0.4, 0.5) is 5.69 Å². The highest BCUT2D eigenvalue weighted by Crippen LogP contribution is 2.28. The molecule has 1 unspecified atom stereocenters. The van der Waals surface area contributed by atoms with Crippen molar-refractivity contribution in [3.8, 4) is 11.1 Å². The number of carbonyl (C=O) groups is 2. The minimum Gasteiger partial charge on any atom is -0.462 e. The fraction of sp³-hybridized carbons (Fsp3) is 0.200. The van der Waals surface area contributed by atoms with E-state index in [2.05, 4.69) is 5.32 Å². The van der Waals surface area contributed by atoms with Crippen LogP contribution in [0.1, 0.15) is 35.2 Å². The first-order valence-electron chi connectivity index (χ1n) is 10.3. The summed E-state index contributed by atoms with van der Waals surface area (Å²) in [5.41, 5.74) is 3.07. The lowest BCUT2D eigenvalue weighted by atomic mass is 9.95. The Hall–Kier alpha value is -4.00. The van der Waals surface area contributed by atoms with Crippen molar-refractivity contribution < 1.29 is 19.2 Å². The van der Waals surface area contributed by atoms with Crippen LogP contribution in [-0.4, -0.2) is 30.0 Å². The van der Waals surface area contributed by atoms with E-state index in [1.54, 1.807) is 49.4 Å². The molecule has 3 aromatic carbocycles. The predicted molar refractivity (Wildman–Crippen MR) is 122 cm³/mol. The molecule has 32 heavy (non-hydrogen) atoms. The van der Waals surface area contributed by atoms with Crippen molar-refractivity contribution in [1.29, 1.82) is 0 Å². The van der Waals surface area contributed by atoms with E-state index in [0.29, 0.717) is 16.8 Å². The van der Waals surface area contributed by atoms with Crippen LogP contribution in [-0.2, 0) is 9.53 Å². The van der Waals surface area contributed by atoms with Gasteiger partial charge in [-0.05, 0) is 41.8 Å². The number of nitro groups is 1. The smallest absolute Gasteiger partial charge is 0.338 e. The van der Waals surface area contributed by atoms with Crippen LogP contribution in [0.2, 0.25) is 0 Å². The zero-order chi connectivity index (χ0) is 22.9. The molecule has 0 heterocycles. The van der Waals surface area contributed by atoms with Crippen LogP contribution in [0, 0.1) is 10.1 Å². The number of nitrogens with zero attached hydrogens (tertiary/aromatic N) is 1. The number of ether oxygens (including phenoxy) is 1. The first kappa shape index (κ1) is 22.7. The van der Waals surface area contributed by atoms with Gasteiger partial charge in [0.25, 0.3) is 0 Å². The Balaban J connectivity index is 1.84. The monoisotopic (exact) mass is 432 g/mol. The van der Waals surface area contributed by atoms with Gasteiger partial charge < -0.3 is 10.1 Å². The van der Waals surface area contributed by atoms with Gasteiger partial charge in [0.05, 0.1) is 18.1 Å². The average molecular weight is 432 g/mol. The molecule has 0 aromatic heterocycles. The van der Waals surface area contributed by atoms with E-state index in [1.807, 2.05) is 36.4 Å². The van der Waals surface area contributed by atoms with Gasteiger partial charge in [0.2, 0.25) is 12.5 Å². The Kier molecular flexibility index (Phi) is 7.70. The quantitative estimate of drug-likeness (QED) is 0.294. The van der Waals surface area contributed by atoms with Gasteiger partial charge in [-0.2, -0.15) is 0 Å². The number of hydrogen-bond donors (Lipinski definition) is 1. The maximum atomic E-state index is 12.7. The molecule has 0 aliphatic carbocycles. The number of amides is 1. The molecule has 0 fully saturated rings. The summed E-state index contributed by atoms with van der Waals surface area (Å²) in [6.07, 6.45) is -0.0364. The summed E-state index contributed by atoms with van der Waals surface area (Å²) in [5, 5.41) is 13.9. The van der Waals surface area contributed by atoms with Crippen molar-refractivity contribution in [1.82, 2.24) is 0 Å². The minimum absolute atomic E-state index is 0.0364. The third kappa shape index (κ3) is 6.01. The normalized spacial score (nSPS) is 11.4. The topological polar surface area (TPSA) is 98.5 Å². The molecule has 1 atom stereocenters. The van der Waals surface area contributed by atoms with E-state index in [-0.39, 0.29) is 25.5 Å². The van der Waals surface area contributed by atoms with Crippen molar-refractivity contribution in [3.05, 3.63) is 100 Å². The fourth-order valence-corrected chi connectivity index (χ4v) is 3.49. The number of hydrogen-bond acceptors (Lipinski definition) is 5. The molecule has 1 amide bonds. The summed E-state index contributed by atoms with van der Waals surface area (Å²) < 4.78 is 5.16. The van der Waals surface area contributed by atoms with E-state index < -0.39 is 16.8 Å². The first-order chi connectivity index (χ1) is 15.5. The lowest BCUT2D eigenvalue weighted by Gasteiger charge is -2.15. The minimum atomic E-state index is -0.543. The standard InChI is InChI=1S/C25H24N2O5/c1-2-32-25(29)22-14-13-21(16-23(22)19-11-7-4-8-12-19)26-24(28)15-20(17-27(30)31)18-9-5-3-6-10-18/h3-14,16,20H,2,15,17H2,1H3,(H,26,28). The molecule has 0 saturated carbocycles. The summed E-state index contributed by atoms with van der Waals surface area (Å²) in [5.74, 6) is -1.33. The van der Waals surface area contributed by atoms with Gasteiger partial charge in [-0.25, -0.2) is 4.79 Å².